The number of aliphatic imine (C=N–C) groups is 1. The number of hydrogen-bond donors (Lipinski definition) is 1. The summed E-state index contributed by atoms with van der Waals surface area (Å²) in [6.45, 7) is 9.33. The van der Waals surface area contributed by atoms with Crippen LogP contribution in [0, 0.1) is 11.8 Å². The molecule has 0 bridgehead atoms. The van der Waals surface area contributed by atoms with Crippen LogP contribution in [0.2, 0.25) is 0 Å². The quantitative estimate of drug-likeness (QED) is 0.169. The van der Waals surface area contributed by atoms with E-state index in [1.807, 2.05) is 44.2 Å². The largest absolute Gasteiger partial charge is 0.451 e. The van der Waals surface area contributed by atoms with Crippen LogP contribution < -0.4 is 5.32 Å². The van der Waals surface area contributed by atoms with Crippen molar-refractivity contribution in [1.29, 1.82) is 0 Å². The van der Waals surface area contributed by atoms with Crippen LogP contribution >= 0.6 is 0 Å². The van der Waals surface area contributed by atoms with E-state index in [4.69, 9.17) is 4.42 Å². The van der Waals surface area contributed by atoms with Crippen LogP contribution in [0.25, 0.3) is 0 Å². The Hall–Kier alpha value is -2.32. The molecule has 0 aliphatic rings. The molecule has 5 heteroatoms. The SMILES string of the molecule is C/C=C/C=C(/C#Cc1ccc(CN(CCC)CCCCCF)o1)NC=NCC. The molecule has 0 aliphatic carbocycles. The third kappa shape index (κ3) is 10.7. The molecule has 0 aromatic carbocycles. The van der Waals surface area contributed by atoms with Gasteiger partial charge in [0.25, 0.3) is 0 Å². The van der Waals surface area contributed by atoms with Gasteiger partial charge in [-0.1, -0.05) is 19.1 Å². The maximum absolute atomic E-state index is 12.2. The van der Waals surface area contributed by atoms with Crippen LogP contribution in [0.3, 0.4) is 0 Å². The lowest BCUT2D eigenvalue weighted by Crippen LogP contribution is -2.25. The van der Waals surface area contributed by atoms with Crippen molar-refractivity contribution in [3.8, 4) is 11.8 Å². The molecular weight excluding hydrogens is 353 g/mol. The van der Waals surface area contributed by atoms with Gasteiger partial charge in [0, 0.05) is 6.54 Å². The minimum atomic E-state index is -0.225. The van der Waals surface area contributed by atoms with Crippen molar-refractivity contribution in [3.05, 3.63) is 47.6 Å². The fraction of sp³-hybridized carbons (Fsp3) is 0.522. The van der Waals surface area contributed by atoms with Gasteiger partial charge in [-0.3, -0.25) is 14.3 Å². The zero-order valence-electron chi connectivity index (χ0n) is 17.5. The zero-order chi connectivity index (χ0) is 20.5. The first kappa shape index (κ1) is 23.7. The van der Waals surface area contributed by atoms with Crippen molar-refractivity contribution in [2.45, 2.75) is 53.0 Å². The smallest absolute Gasteiger partial charge is 0.177 e. The molecule has 1 heterocycles. The molecule has 154 valence electrons. The number of furan rings is 1. The van der Waals surface area contributed by atoms with Gasteiger partial charge in [0.2, 0.25) is 0 Å². The molecule has 1 aromatic heterocycles. The third-order valence-electron chi connectivity index (χ3n) is 3.96. The number of nitrogens with one attached hydrogen (secondary N) is 1. The number of rotatable bonds is 13. The molecule has 0 saturated carbocycles. The van der Waals surface area contributed by atoms with E-state index >= 15 is 0 Å². The van der Waals surface area contributed by atoms with Crippen molar-refractivity contribution in [2.24, 2.45) is 4.99 Å². The van der Waals surface area contributed by atoms with Crippen molar-refractivity contribution in [1.82, 2.24) is 10.2 Å². The Morgan fingerprint density at radius 1 is 1.25 bits per heavy atom. The van der Waals surface area contributed by atoms with Gasteiger partial charge in [0.1, 0.15) is 5.76 Å². The lowest BCUT2D eigenvalue weighted by atomic mass is 10.2. The molecule has 0 radical (unpaired) electrons. The topological polar surface area (TPSA) is 40.8 Å². The molecule has 0 atom stereocenters. The molecule has 0 unspecified atom stereocenters. The van der Waals surface area contributed by atoms with E-state index < -0.39 is 0 Å². The second kappa shape index (κ2) is 15.7. The summed E-state index contributed by atoms with van der Waals surface area (Å²) in [5.74, 6) is 7.70. The predicted octanol–water partition coefficient (Wildman–Crippen LogP) is 5.08. The number of nitrogens with zero attached hydrogens (tertiary/aromatic N) is 2. The van der Waals surface area contributed by atoms with Crippen molar-refractivity contribution in [3.63, 3.8) is 0 Å². The Bertz CT molecular complexity index is 680. The molecular formula is C23H34FN3O. The monoisotopic (exact) mass is 387 g/mol. The summed E-state index contributed by atoms with van der Waals surface area (Å²) in [6, 6.07) is 3.89. The van der Waals surface area contributed by atoms with Crippen LogP contribution in [-0.4, -0.2) is 37.5 Å². The Labute approximate surface area is 169 Å². The van der Waals surface area contributed by atoms with Gasteiger partial charge in [0.05, 0.1) is 25.3 Å². The second-order valence-corrected chi connectivity index (χ2v) is 6.42. The van der Waals surface area contributed by atoms with E-state index in [0.717, 1.165) is 56.9 Å². The highest BCUT2D eigenvalue weighted by molar-refractivity contribution is 5.60. The van der Waals surface area contributed by atoms with Crippen LogP contribution in [0.15, 0.2) is 45.5 Å². The normalized spacial score (nSPS) is 12.1. The second-order valence-electron chi connectivity index (χ2n) is 6.42. The summed E-state index contributed by atoms with van der Waals surface area (Å²) in [6.07, 6.45) is 11.1. The molecule has 0 amide bonds. The van der Waals surface area contributed by atoms with Gasteiger partial charge in [-0.15, -0.1) is 0 Å². The van der Waals surface area contributed by atoms with Crippen LogP contribution in [0.5, 0.6) is 0 Å². The molecule has 0 fully saturated rings. The first-order chi connectivity index (χ1) is 13.7. The van der Waals surface area contributed by atoms with Crippen molar-refractivity contribution >= 4 is 6.34 Å². The van der Waals surface area contributed by atoms with Gasteiger partial charge in [0.15, 0.2) is 5.76 Å². The molecule has 1 aromatic rings. The van der Waals surface area contributed by atoms with Gasteiger partial charge in [-0.25, -0.2) is 0 Å². The van der Waals surface area contributed by atoms with Gasteiger partial charge < -0.3 is 9.73 Å². The van der Waals surface area contributed by atoms with E-state index in [2.05, 4.69) is 34.0 Å². The Balaban J connectivity index is 2.70. The Morgan fingerprint density at radius 2 is 2.11 bits per heavy atom. The molecule has 0 spiro atoms. The molecule has 28 heavy (non-hydrogen) atoms. The van der Waals surface area contributed by atoms with E-state index in [0.29, 0.717) is 12.2 Å². The van der Waals surface area contributed by atoms with Gasteiger partial charge in [-0.2, -0.15) is 0 Å². The standard InChI is InChI=1S/C23H34FN3O/c1-4-7-11-21(26-20-25-6-3)12-13-22-14-15-23(28-22)19-27(17-5-2)18-10-8-9-16-24/h4,7,11,14-15,20H,5-6,8-10,16-19H2,1-3H3,(H,25,26)/b7-4+,21-11-. The van der Waals surface area contributed by atoms with Crippen LogP contribution in [0.1, 0.15) is 58.0 Å². The fourth-order valence-corrected chi connectivity index (χ4v) is 2.60. The summed E-state index contributed by atoms with van der Waals surface area (Å²) in [5.41, 5.74) is 0.758. The molecule has 0 aliphatic heterocycles. The minimum Gasteiger partial charge on any atom is -0.451 e. The van der Waals surface area contributed by atoms with E-state index in [-0.39, 0.29) is 6.67 Å². The molecule has 0 saturated heterocycles. The van der Waals surface area contributed by atoms with E-state index in [1.54, 1.807) is 6.34 Å². The van der Waals surface area contributed by atoms with E-state index in [9.17, 15) is 4.39 Å². The Morgan fingerprint density at radius 3 is 2.82 bits per heavy atom. The lowest BCUT2D eigenvalue weighted by molar-refractivity contribution is 0.237. The average Bonchev–Trinajstić information content (AvgIpc) is 3.14. The summed E-state index contributed by atoms with van der Waals surface area (Å²) in [4.78, 5) is 6.50. The number of unbranched alkanes of at least 4 members (excludes halogenated alkanes) is 2. The molecule has 1 rings (SSSR count). The number of halogens is 1. The summed E-state index contributed by atoms with van der Waals surface area (Å²) in [5, 5.41) is 3.08. The number of hydrogen-bond acceptors (Lipinski definition) is 3. The highest BCUT2D eigenvalue weighted by atomic mass is 19.1. The van der Waals surface area contributed by atoms with E-state index in [1.165, 1.54) is 0 Å². The van der Waals surface area contributed by atoms with Gasteiger partial charge >= 0.3 is 0 Å². The lowest BCUT2D eigenvalue weighted by Gasteiger charge is -2.20. The zero-order valence-corrected chi connectivity index (χ0v) is 17.5. The van der Waals surface area contributed by atoms with Gasteiger partial charge in [-0.05, 0) is 82.7 Å². The first-order valence-corrected chi connectivity index (χ1v) is 10.2. The molecule has 4 nitrogen and oxygen atoms in total. The summed E-state index contributed by atoms with van der Waals surface area (Å²) >= 11 is 0. The summed E-state index contributed by atoms with van der Waals surface area (Å²) < 4.78 is 18.1. The number of alkyl halides is 1. The fourth-order valence-electron chi connectivity index (χ4n) is 2.60. The average molecular weight is 388 g/mol. The van der Waals surface area contributed by atoms with Crippen molar-refractivity contribution in [2.75, 3.05) is 26.3 Å². The highest BCUT2D eigenvalue weighted by Crippen LogP contribution is 2.12. The predicted molar refractivity (Wildman–Crippen MR) is 116 cm³/mol. The minimum absolute atomic E-state index is 0.225. The summed E-state index contributed by atoms with van der Waals surface area (Å²) in [7, 11) is 0. The first-order valence-electron chi connectivity index (χ1n) is 10.2. The van der Waals surface area contributed by atoms with Crippen molar-refractivity contribution < 1.29 is 8.81 Å². The maximum atomic E-state index is 12.2. The molecule has 1 N–H and O–H groups in total. The Kier molecular flexibility index (Phi) is 13.3. The highest BCUT2D eigenvalue weighted by Gasteiger charge is 2.08. The van der Waals surface area contributed by atoms with Crippen LogP contribution in [-0.2, 0) is 6.54 Å². The maximum Gasteiger partial charge on any atom is 0.177 e. The third-order valence-corrected chi connectivity index (χ3v) is 3.96. The number of allylic oxidation sites excluding steroid dienone is 4. The van der Waals surface area contributed by atoms with Crippen LogP contribution in [0.4, 0.5) is 4.39 Å².